The van der Waals surface area contributed by atoms with Gasteiger partial charge in [0.1, 0.15) is 5.75 Å². The molecule has 0 unspecified atom stereocenters. The number of aryl methyl sites for hydroxylation is 1. The zero-order valence-electron chi connectivity index (χ0n) is 11.7. The molecule has 0 N–H and O–H groups in total. The molecular weight excluding hydrogens is 256 g/mol. The highest BCUT2D eigenvalue weighted by atomic mass is 16.5. The summed E-state index contributed by atoms with van der Waals surface area (Å²) in [5, 5.41) is 0. The molecule has 1 aromatic carbocycles. The maximum Gasteiger partial charge on any atom is 0.358 e. The van der Waals surface area contributed by atoms with Gasteiger partial charge in [-0.25, -0.2) is 9.78 Å². The number of carbonyl (C=O) groups is 1. The maximum absolute atomic E-state index is 11.6. The number of benzene rings is 1. The van der Waals surface area contributed by atoms with Crippen LogP contribution in [0.4, 0.5) is 0 Å². The number of rotatable bonds is 4. The highest BCUT2D eigenvalue weighted by Gasteiger charge is 2.13. The molecule has 0 spiro atoms. The average molecular weight is 272 g/mol. The van der Waals surface area contributed by atoms with Gasteiger partial charge in [0.05, 0.1) is 31.3 Å². The molecule has 0 amide bonds. The Balaban J connectivity index is 2.35. The van der Waals surface area contributed by atoms with Crippen molar-refractivity contribution in [2.24, 2.45) is 0 Å². The number of carbonyl (C=O) groups excluding carboxylic acids is 1. The van der Waals surface area contributed by atoms with Crippen LogP contribution in [0.5, 0.6) is 5.75 Å². The fraction of sp³-hybridized carbons (Fsp3) is 0.267. The summed E-state index contributed by atoms with van der Waals surface area (Å²) in [4.78, 5) is 20.1. The van der Waals surface area contributed by atoms with Crippen LogP contribution in [0.3, 0.4) is 0 Å². The molecule has 1 heterocycles. The first-order valence-corrected chi connectivity index (χ1v) is 6.31. The lowest BCUT2D eigenvalue weighted by atomic mass is 10.1. The molecule has 0 saturated heterocycles. The first-order chi connectivity index (χ1) is 9.65. The van der Waals surface area contributed by atoms with E-state index in [9.17, 15) is 4.79 Å². The van der Waals surface area contributed by atoms with Crippen molar-refractivity contribution in [3.63, 3.8) is 0 Å². The largest absolute Gasteiger partial charge is 0.494 e. The average Bonchev–Trinajstić information content (AvgIpc) is 2.48. The van der Waals surface area contributed by atoms with E-state index in [1.54, 1.807) is 13.1 Å². The summed E-state index contributed by atoms with van der Waals surface area (Å²) in [5.41, 5.74) is 2.27. The number of esters is 1. The van der Waals surface area contributed by atoms with Crippen molar-refractivity contribution in [2.75, 3.05) is 13.7 Å². The molecule has 5 nitrogen and oxygen atoms in total. The van der Waals surface area contributed by atoms with Crippen molar-refractivity contribution in [3.05, 3.63) is 41.9 Å². The predicted molar refractivity (Wildman–Crippen MR) is 74.7 cm³/mol. The molecule has 5 heteroatoms. The second-order valence-corrected chi connectivity index (χ2v) is 4.14. The Bertz CT molecular complexity index is 609. The van der Waals surface area contributed by atoms with E-state index in [0.29, 0.717) is 18.0 Å². The van der Waals surface area contributed by atoms with Crippen LogP contribution in [0, 0.1) is 6.92 Å². The molecule has 2 aromatic rings. The van der Waals surface area contributed by atoms with Crippen LogP contribution in [0.2, 0.25) is 0 Å². The molecule has 0 aliphatic heterocycles. The standard InChI is InChI=1S/C15H16N2O3/c1-4-20-12-7-5-11(6-8-12)13-9-16-10(2)14(17-13)15(18)19-3/h5-9H,4H2,1-3H3. The Kier molecular flexibility index (Phi) is 4.30. The molecular formula is C15H16N2O3. The second kappa shape index (κ2) is 6.14. The van der Waals surface area contributed by atoms with Gasteiger partial charge in [0.2, 0.25) is 0 Å². The summed E-state index contributed by atoms with van der Waals surface area (Å²) in [6.07, 6.45) is 1.64. The van der Waals surface area contributed by atoms with Crippen LogP contribution in [0.15, 0.2) is 30.5 Å². The molecule has 0 bridgehead atoms. The van der Waals surface area contributed by atoms with Crippen molar-refractivity contribution < 1.29 is 14.3 Å². The molecule has 1 aromatic heterocycles. The summed E-state index contributed by atoms with van der Waals surface area (Å²) < 4.78 is 10.1. The number of methoxy groups -OCH3 is 1. The zero-order valence-corrected chi connectivity index (χ0v) is 11.7. The van der Waals surface area contributed by atoms with Crippen LogP contribution < -0.4 is 4.74 Å². The Morgan fingerprint density at radius 2 is 1.95 bits per heavy atom. The minimum atomic E-state index is -0.484. The van der Waals surface area contributed by atoms with Gasteiger partial charge in [0.25, 0.3) is 0 Å². The fourth-order valence-corrected chi connectivity index (χ4v) is 1.77. The highest BCUT2D eigenvalue weighted by Crippen LogP contribution is 2.21. The molecule has 20 heavy (non-hydrogen) atoms. The Morgan fingerprint density at radius 1 is 1.25 bits per heavy atom. The summed E-state index contributed by atoms with van der Waals surface area (Å²) in [7, 11) is 1.33. The maximum atomic E-state index is 11.6. The molecule has 0 atom stereocenters. The van der Waals surface area contributed by atoms with Crippen molar-refractivity contribution in [3.8, 4) is 17.0 Å². The Labute approximate surface area is 117 Å². The lowest BCUT2D eigenvalue weighted by Gasteiger charge is -2.07. The summed E-state index contributed by atoms with van der Waals surface area (Å²) in [5.74, 6) is 0.312. The van der Waals surface area contributed by atoms with Gasteiger partial charge in [0, 0.05) is 5.56 Å². The SMILES string of the molecule is CCOc1ccc(-c2cnc(C)c(C(=O)OC)n2)cc1. The normalized spacial score (nSPS) is 10.2. The lowest BCUT2D eigenvalue weighted by molar-refractivity contribution is 0.0592. The number of ether oxygens (including phenoxy) is 2. The summed E-state index contributed by atoms with van der Waals surface area (Å²) in [6.45, 7) is 4.28. The van der Waals surface area contributed by atoms with Crippen LogP contribution in [0.1, 0.15) is 23.1 Å². The molecule has 2 rings (SSSR count). The number of hydrogen-bond donors (Lipinski definition) is 0. The van der Waals surface area contributed by atoms with Crippen LogP contribution in [0.25, 0.3) is 11.3 Å². The van der Waals surface area contributed by atoms with Gasteiger partial charge in [0.15, 0.2) is 5.69 Å². The van der Waals surface area contributed by atoms with Crippen LogP contribution in [-0.4, -0.2) is 29.7 Å². The zero-order chi connectivity index (χ0) is 14.5. The van der Waals surface area contributed by atoms with E-state index in [0.717, 1.165) is 11.3 Å². The second-order valence-electron chi connectivity index (χ2n) is 4.14. The van der Waals surface area contributed by atoms with Crippen molar-refractivity contribution in [1.82, 2.24) is 9.97 Å². The molecule has 0 saturated carbocycles. The topological polar surface area (TPSA) is 61.3 Å². The van der Waals surface area contributed by atoms with Crippen molar-refractivity contribution in [2.45, 2.75) is 13.8 Å². The molecule has 0 aliphatic carbocycles. The first kappa shape index (κ1) is 14.0. The third-order valence-electron chi connectivity index (χ3n) is 2.80. The predicted octanol–water partition coefficient (Wildman–Crippen LogP) is 2.64. The minimum absolute atomic E-state index is 0.235. The number of nitrogens with zero attached hydrogens (tertiary/aromatic N) is 2. The fourth-order valence-electron chi connectivity index (χ4n) is 1.77. The van der Waals surface area contributed by atoms with Gasteiger partial charge in [-0.2, -0.15) is 0 Å². The lowest BCUT2D eigenvalue weighted by Crippen LogP contribution is -2.09. The minimum Gasteiger partial charge on any atom is -0.494 e. The van der Waals surface area contributed by atoms with E-state index in [2.05, 4.69) is 9.97 Å². The highest BCUT2D eigenvalue weighted by molar-refractivity contribution is 5.88. The third-order valence-corrected chi connectivity index (χ3v) is 2.80. The van der Waals surface area contributed by atoms with Gasteiger partial charge >= 0.3 is 5.97 Å². The van der Waals surface area contributed by atoms with Crippen molar-refractivity contribution in [1.29, 1.82) is 0 Å². The third kappa shape index (κ3) is 2.93. The van der Waals surface area contributed by atoms with Crippen molar-refractivity contribution >= 4 is 5.97 Å². The van der Waals surface area contributed by atoms with Gasteiger partial charge < -0.3 is 9.47 Å². The summed E-state index contributed by atoms with van der Waals surface area (Å²) >= 11 is 0. The Morgan fingerprint density at radius 3 is 2.55 bits per heavy atom. The van der Waals surface area contributed by atoms with E-state index in [1.165, 1.54) is 7.11 Å². The quantitative estimate of drug-likeness (QED) is 0.801. The van der Waals surface area contributed by atoms with Crippen LogP contribution >= 0.6 is 0 Å². The Hall–Kier alpha value is -2.43. The van der Waals surface area contributed by atoms with E-state index in [1.807, 2.05) is 31.2 Å². The number of aromatic nitrogens is 2. The van der Waals surface area contributed by atoms with E-state index >= 15 is 0 Å². The van der Waals surface area contributed by atoms with E-state index in [4.69, 9.17) is 9.47 Å². The van der Waals surface area contributed by atoms with Gasteiger partial charge in [-0.05, 0) is 38.1 Å². The smallest absolute Gasteiger partial charge is 0.358 e. The van der Waals surface area contributed by atoms with Gasteiger partial charge in [-0.1, -0.05) is 0 Å². The van der Waals surface area contributed by atoms with E-state index in [-0.39, 0.29) is 5.69 Å². The molecule has 0 fully saturated rings. The first-order valence-electron chi connectivity index (χ1n) is 6.31. The molecule has 0 aliphatic rings. The summed E-state index contributed by atoms with van der Waals surface area (Å²) in [6, 6.07) is 7.48. The van der Waals surface area contributed by atoms with E-state index < -0.39 is 5.97 Å². The number of hydrogen-bond acceptors (Lipinski definition) is 5. The molecule has 0 radical (unpaired) electrons. The van der Waals surface area contributed by atoms with Gasteiger partial charge in [-0.3, -0.25) is 4.98 Å². The van der Waals surface area contributed by atoms with Gasteiger partial charge in [-0.15, -0.1) is 0 Å². The monoisotopic (exact) mass is 272 g/mol. The molecule has 104 valence electrons. The van der Waals surface area contributed by atoms with Crippen LogP contribution in [-0.2, 0) is 4.74 Å².